The number of pyridine rings is 1. The number of aromatic nitrogens is 1. The van der Waals surface area contributed by atoms with Gasteiger partial charge < -0.3 is 10.4 Å². The maximum atomic E-state index is 9.81. The van der Waals surface area contributed by atoms with E-state index in [9.17, 15) is 5.11 Å². The van der Waals surface area contributed by atoms with Crippen LogP contribution in [0.25, 0.3) is 10.9 Å². The number of aliphatic hydroxyl groups excluding tert-OH is 1. The van der Waals surface area contributed by atoms with Gasteiger partial charge in [-0.3, -0.25) is 4.98 Å². The molecule has 0 atom stereocenters. The first kappa shape index (κ1) is 14.8. The van der Waals surface area contributed by atoms with Gasteiger partial charge in [0.2, 0.25) is 0 Å². The van der Waals surface area contributed by atoms with Crippen molar-refractivity contribution < 1.29 is 5.11 Å². The summed E-state index contributed by atoms with van der Waals surface area (Å²) in [6, 6.07) is 8.26. The van der Waals surface area contributed by atoms with Crippen LogP contribution in [0.1, 0.15) is 32.1 Å². The predicted molar refractivity (Wildman–Crippen MR) is 90.5 cm³/mol. The zero-order chi connectivity index (χ0) is 14.7. The second-order valence-electron chi connectivity index (χ2n) is 6.10. The van der Waals surface area contributed by atoms with Crippen LogP contribution in [0.5, 0.6) is 0 Å². The molecule has 1 aliphatic carbocycles. The molecule has 0 bridgehead atoms. The maximum Gasteiger partial charge on any atom is 0.0934 e. The van der Waals surface area contributed by atoms with Crippen molar-refractivity contribution >= 4 is 32.5 Å². The molecule has 112 valence electrons. The van der Waals surface area contributed by atoms with Gasteiger partial charge in [0, 0.05) is 28.0 Å². The summed E-state index contributed by atoms with van der Waals surface area (Å²) in [5.74, 6) is 0. The van der Waals surface area contributed by atoms with Crippen molar-refractivity contribution in [2.24, 2.45) is 5.41 Å². The SMILES string of the molecule is OCC1(CNc2cccc3cc(Br)cnc23)CCCCC1. The average molecular weight is 349 g/mol. The number of nitrogens with one attached hydrogen (secondary N) is 1. The van der Waals surface area contributed by atoms with Gasteiger partial charge in [0.15, 0.2) is 0 Å². The van der Waals surface area contributed by atoms with Crippen molar-refractivity contribution in [2.45, 2.75) is 32.1 Å². The number of para-hydroxylation sites is 1. The Labute approximate surface area is 133 Å². The molecule has 0 unspecified atom stereocenters. The summed E-state index contributed by atoms with van der Waals surface area (Å²) in [5.41, 5.74) is 2.08. The highest BCUT2D eigenvalue weighted by atomic mass is 79.9. The molecule has 0 spiro atoms. The molecule has 1 aromatic heterocycles. The van der Waals surface area contributed by atoms with Crippen molar-refractivity contribution in [3.05, 3.63) is 34.9 Å². The Morgan fingerprint density at radius 3 is 2.81 bits per heavy atom. The van der Waals surface area contributed by atoms with Crippen LogP contribution in [-0.2, 0) is 0 Å². The highest BCUT2D eigenvalue weighted by Gasteiger charge is 2.31. The van der Waals surface area contributed by atoms with Crippen LogP contribution in [0.15, 0.2) is 34.9 Å². The molecule has 0 saturated heterocycles. The minimum Gasteiger partial charge on any atom is -0.396 e. The summed E-state index contributed by atoms with van der Waals surface area (Å²) in [6.45, 7) is 1.09. The van der Waals surface area contributed by atoms with Gasteiger partial charge in [0.05, 0.1) is 17.8 Å². The van der Waals surface area contributed by atoms with E-state index in [4.69, 9.17) is 0 Å². The highest BCUT2D eigenvalue weighted by Crippen LogP contribution is 2.36. The third kappa shape index (κ3) is 3.22. The Morgan fingerprint density at radius 2 is 2.05 bits per heavy atom. The van der Waals surface area contributed by atoms with Gasteiger partial charge in [0.1, 0.15) is 0 Å². The van der Waals surface area contributed by atoms with E-state index >= 15 is 0 Å². The van der Waals surface area contributed by atoms with E-state index in [-0.39, 0.29) is 12.0 Å². The second-order valence-corrected chi connectivity index (χ2v) is 7.02. The fraction of sp³-hybridized carbons (Fsp3) is 0.471. The third-order valence-electron chi connectivity index (χ3n) is 4.58. The van der Waals surface area contributed by atoms with Gasteiger partial charge in [-0.1, -0.05) is 31.4 Å². The van der Waals surface area contributed by atoms with Gasteiger partial charge in [0.25, 0.3) is 0 Å². The van der Waals surface area contributed by atoms with E-state index in [1.807, 2.05) is 12.3 Å². The van der Waals surface area contributed by atoms with Crippen LogP contribution in [0.3, 0.4) is 0 Å². The average Bonchev–Trinajstić information content (AvgIpc) is 2.53. The summed E-state index contributed by atoms with van der Waals surface area (Å²) < 4.78 is 0.992. The predicted octanol–water partition coefficient (Wildman–Crippen LogP) is 4.35. The maximum absolute atomic E-state index is 9.81. The molecule has 1 heterocycles. The molecule has 3 nitrogen and oxygen atoms in total. The number of hydrogen-bond donors (Lipinski definition) is 2. The molecular weight excluding hydrogens is 328 g/mol. The van der Waals surface area contributed by atoms with Crippen LogP contribution in [-0.4, -0.2) is 23.2 Å². The molecule has 1 fully saturated rings. The van der Waals surface area contributed by atoms with E-state index in [2.05, 4.69) is 44.4 Å². The largest absolute Gasteiger partial charge is 0.396 e. The Kier molecular flexibility index (Phi) is 4.45. The number of rotatable bonds is 4. The number of anilines is 1. The van der Waals surface area contributed by atoms with Crippen LogP contribution in [0, 0.1) is 5.41 Å². The molecule has 0 aliphatic heterocycles. The highest BCUT2D eigenvalue weighted by molar-refractivity contribution is 9.10. The minimum absolute atomic E-state index is 0.0375. The number of aliphatic hydroxyl groups is 1. The molecule has 2 aromatic rings. The van der Waals surface area contributed by atoms with Gasteiger partial charge in [-0.25, -0.2) is 0 Å². The van der Waals surface area contributed by atoms with Crippen LogP contribution in [0.4, 0.5) is 5.69 Å². The van der Waals surface area contributed by atoms with Gasteiger partial charge >= 0.3 is 0 Å². The van der Waals surface area contributed by atoms with E-state index in [0.29, 0.717) is 0 Å². The van der Waals surface area contributed by atoms with Crippen molar-refractivity contribution in [2.75, 3.05) is 18.5 Å². The van der Waals surface area contributed by atoms with Crippen molar-refractivity contribution in [3.8, 4) is 0 Å². The molecule has 0 radical (unpaired) electrons. The van der Waals surface area contributed by atoms with Crippen LogP contribution in [0.2, 0.25) is 0 Å². The third-order valence-corrected chi connectivity index (χ3v) is 5.01. The normalized spacial score (nSPS) is 17.8. The van der Waals surface area contributed by atoms with E-state index in [1.54, 1.807) is 0 Å². The zero-order valence-corrected chi connectivity index (χ0v) is 13.7. The molecule has 1 saturated carbocycles. The summed E-state index contributed by atoms with van der Waals surface area (Å²) in [5, 5.41) is 14.5. The zero-order valence-electron chi connectivity index (χ0n) is 12.1. The Hall–Kier alpha value is -1.13. The lowest BCUT2D eigenvalue weighted by atomic mass is 9.74. The Morgan fingerprint density at radius 1 is 1.24 bits per heavy atom. The molecule has 1 aliphatic rings. The monoisotopic (exact) mass is 348 g/mol. The summed E-state index contributed by atoms with van der Waals surface area (Å²) in [7, 11) is 0. The summed E-state index contributed by atoms with van der Waals surface area (Å²) in [4.78, 5) is 4.52. The first-order valence-corrected chi connectivity index (χ1v) is 8.41. The molecule has 0 amide bonds. The minimum atomic E-state index is 0.0375. The van der Waals surface area contributed by atoms with Crippen molar-refractivity contribution in [1.29, 1.82) is 0 Å². The number of fused-ring (bicyclic) bond motifs is 1. The lowest BCUT2D eigenvalue weighted by Crippen LogP contribution is -2.35. The fourth-order valence-corrected chi connectivity index (χ4v) is 3.60. The van der Waals surface area contributed by atoms with E-state index in [1.165, 1.54) is 19.3 Å². The van der Waals surface area contributed by atoms with Gasteiger partial charge in [-0.05, 0) is 40.9 Å². The second kappa shape index (κ2) is 6.32. The molecule has 4 heteroatoms. The van der Waals surface area contributed by atoms with E-state index < -0.39 is 0 Å². The van der Waals surface area contributed by atoms with E-state index in [0.717, 1.165) is 40.4 Å². The Bertz CT molecular complexity index is 623. The number of nitrogens with zero attached hydrogens (tertiary/aromatic N) is 1. The van der Waals surface area contributed by atoms with Crippen LogP contribution < -0.4 is 5.32 Å². The lowest BCUT2D eigenvalue weighted by molar-refractivity contribution is 0.0944. The molecule has 2 N–H and O–H groups in total. The molecule has 3 rings (SSSR count). The standard InChI is InChI=1S/C17H21BrN2O/c18-14-9-13-5-4-6-15(16(13)19-10-14)20-11-17(12-21)7-2-1-3-8-17/h4-6,9-10,20-21H,1-3,7-8,11-12H2. The topological polar surface area (TPSA) is 45.1 Å². The molecule has 1 aromatic carbocycles. The summed E-state index contributed by atoms with van der Waals surface area (Å²) in [6.07, 6.45) is 7.80. The smallest absolute Gasteiger partial charge is 0.0934 e. The molecular formula is C17H21BrN2O. The Balaban J connectivity index is 1.81. The number of hydrogen-bond acceptors (Lipinski definition) is 3. The molecule has 21 heavy (non-hydrogen) atoms. The number of benzene rings is 1. The van der Waals surface area contributed by atoms with Gasteiger partial charge in [-0.15, -0.1) is 0 Å². The quantitative estimate of drug-likeness (QED) is 0.863. The van der Waals surface area contributed by atoms with Crippen LogP contribution >= 0.6 is 15.9 Å². The van der Waals surface area contributed by atoms with Crippen molar-refractivity contribution in [3.63, 3.8) is 0 Å². The fourth-order valence-electron chi connectivity index (χ4n) is 3.25. The lowest BCUT2D eigenvalue weighted by Gasteiger charge is -2.36. The first-order valence-electron chi connectivity index (χ1n) is 7.61. The van der Waals surface area contributed by atoms with Crippen molar-refractivity contribution in [1.82, 2.24) is 4.98 Å². The van der Waals surface area contributed by atoms with Gasteiger partial charge in [-0.2, -0.15) is 0 Å². The summed E-state index contributed by atoms with van der Waals surface area (Å²) >= 11 is 3.46. The first-order chi connectivity index (χ1) is 10.2. The number of halogens is 1.